The predicted octanol–water partition coefficient (Wildman–Crippen LogP) is 5.29. The van der Waals surface area contributed by atoms with Gasteiger partial charge in [0.05, 0.1) is 13.0 Å². The van der Waals surface area contributed by atoms with E-state index in [-0.39, 0.29) is 18.4 Å². The first-order chi connectivity index (χ1) is 15.2. The van der Waals surface area contributed by atoms with E-state index in [2.05, 4.69) is 0 Å². The summed E-state index contributed by atoms with van der Waals surface area (Å²) in [6.45, 7) is 5.15. The number of carbonyl (C=O) groups is 1. The lowest BCUT2D eigenvalue weighted by Gasteiger charge is -2.42. The van der Waals surface area contributed by atoms with Crippen molar-refractivity contribution in [2.45, 2.75) is 56.6 Å². The Bertz CT molecular complexity index is 934. The second kappa shape index (κ2) is 10.7. The number of hydrogen-bond acceptors (Lipinski definition) is 6. The molecule has 0 fully saturated rings. The number of methoxy groups -OCH3 is 1. The summed E-state index contributed by atoms with van der Waals surface area (Å²) in [4.78, 5) is 11.8. The maximum Gasteiger partial charge on any atom is 0.303 e. The lowest BCUT2D eigenvalue weighted by Crippen LogP contribution is -2.33. The maximum absolute atomic E-state index is 11.4. The zero-order valence-electron chi connectivity index (χ0n) is 18.9. The largest absolute Gasteiger partial charge is 0.487 e. The normalized spacial score (nSPS) is 20.0. The number of carboxylic acids is 1. The van der Waals surface area contributed by atoms with Gasteiger partial charge in [-0.25, -0.2) is 0 Å². The highest BCUT2D eigenvalue weighted by atomic mass is 32.3. The molecule has 0 spiro atoms. The van der Waals surface area contributed by atoms with Gasteiger partial charge in [-0.3, -0.25) is 13.9 Å². The minimum Gasteiger partial charge on any atom is -0.487 e. The van der Waals surface area contributed by atoms with Gasteiger partial charge in [0.2, 0.25) is 0 Å². The summed E-state index contributed by atoms with van der Waals surface area (Å²) in [6.07, 6.45) is 1.31. The van der Waals surface area contributed by atoms with Crippen LogP contribution >= 0.6 is 10.8 Å². The summed E-state index contributed by atoms with van der Waals surface area (Å²) in [7, 11) is -1.60. The highest BCUT2D eigenvalue weighted by Gasteiger charge is 2.34. The van der Waals surface area contributed by atoms with Crippen LogP contribution in [0.4, 0.5) is 0 Å². The molecule has 32 heavy (non-hydrogen) atoms. The van der Waals surface area contributed by atoms with Gasteiger partial charge >= 0.3 is 5.97 Å². The first-order valence-corrected chi connectivity index (χ1v) is 12.3. The van der Waals surface area contributed by atoms with Crippen LogP contribution in [0.15, 0.2) is 47.4 Å². The summed E-state index contributed by atoms with van der Waals surface area (Å²) in [5, 5.41) is 9.39. The highest BCUT2D eigenvalue weighted by molar-refractivity contribution is 8.22. The number of para-hydroxylation sites is 1. The summed E-state index contributed by atoms with van der Waals surface area (Å²) in [5.74, 6) is -0.471. The Morgan fingerprint density at radius 1 is 1.28 bits per heavy atom. The molecule has 1 heterocycles. The second-order valence-corrected chi connectivity index (χ2v) is 10.3. The third-order valence-electron chi connectivity index (χ3n) is 5.81. The van der Waals surface area contributed by atoms with Crippen LogP contribution in [0, 0.1) is 6.92 Å². The zero-order valence-corrected chi connectivity index (χ0v) is 19.7. The quantitative estimate of drug-likeness (QED) is 0.435. The minimum atomic E-state index is -3.24. The molecule has 7 nitrogen and oxygen atoms in total. The first kappa shape index (κ1) is 24.5. The molecule has 3 rings (SSSR count). The molecule has 0 radical (unpaired) electrons. The zero-order chi connectivity index (χ0) is 23.3. The van der Waals surface area contributed by atoms with Gasteiger partial charge in [0.1, 0.15) is 16.7 Å². The molecule has 0 saturated heterocycles. The molecule has 8 heteroatoms. The van der Waals surface area contributed by atoms with Crippen LogP contribution in [0.3, 0.4) is 0 Å². The fourth-order valence-electron chi connectivity index (χ4n) is 4.09. The molecular formula is C24H33NO6S. The van der Waals surface area contributed by atoms with E-state index >= 15 is 0 Å². The summed E-state index contributed by atoms with van der Waals surface area (Å²) in [5.41, 5.74) is 2.90. The summed E-state index contributed by atoms with van der Waals surface area (Å²) in [6, 6.07) is 13.0. The Morgan fingerprint density at radius 3 is 2.75 bits per heavy atom. The second-order valence-electron chi connectivity index (χ2n) is 8.33. The van der Waals surface area contributed by atoms with Crippen molar-refractivity contribution in [1.82, 2.24) is 4.31 Å². The van der Waals surface area contributed by atoms with Gasteiger partial charge in [0.25, 0.3) is 0 Å². The van der Waals surface area contributed by atoms with E-state index in [9.17, 15) is 19.0 Å². The molecule has 3 N–H and O–H groups in total. The number of carboxylic acid groups (broad SMARTS) is 1. The van der Waals surface area contributed by atoms with Gasteiger partial charge in [-0.2, -0.15) is 4.31 Å². The molecular weight excluding hydrogens is 430 g/mol. The van der Waals surface area contributed by atoms with Crippen molar-refractivity contribution in [2.24, 2.45) is 0 Å². The average molecular weight is 464 g/mol. The molecule has 2 aromatic rings. The van der Waals surface area contributed by atoms with Gasteiger partial charge in [0.15, 0.2) is 0 Å². The summed E-state index contributed by atoms with van der Waals surface area (Å²) < 4.78 is 35.1. The Balaban J connectivity index is 1.90. The van der Waals surface area contributed by atoms with E-state index in [1.165, 1.54) is 0 Å². The Morgan fingerprint density at radius 2 is 2.03 bits per heavy atom. The number of aryl methyl sites for hydroxylation is 1. The van der Waals surface area contributed by atoms with Crippen LogP contribution in [-0.2, 0) is 16.1 Å². The first-order valence-electron chi connectivity index (χ1n) is 10.8. The Hall–Kier alpha value is -2.10. The molecule has 0 bridgehead atoms. The molecule has 2 atom stereocenters. The number of fused-ring (bicyclic) bond motifs is 1. The van der Waals surface area contributed by atoms with Crippen molar-refractivity contribution in [3.05, 3.63) is 59.2 Å². The van der Waals surface area contributed by atoms with E-state index in [4.69, 9.17) is 9.47 Å². The number of rotatable bonds is 9. The van der Waals surface area contributed by atoms with E-state index < -0.39 is 16.7 Å². The van der Waals surface area contributed by atoms with Gasteiger partial charge in [-0.1, -0.05) is 30.3 Å². The van der Waals surface area contributed by atoms with E-state index in [0.29, 0.717) is 36.8 Å². The molecule has 1 aliphatic rings. The van der Waals surface area contributed by atoms with E-state index in [1.807, 2.05) is 38.1 Å². The third kappa shape index (κ3) is 5.82. The molecule has 1 aliphatic heterocycles. The van der Waals surface area contributed by atoms with Crippen LogP contribution in [0.2, 0.25) is 0 Å². The fourth-order valence-corrected chi connectivity index (χ4v) is 5.75. The van der Waals surface area contributed by atoms with E-state index in [0.717, 1.165) is 23.1 Å². The number of ether oxygens (including phenoxy) is 2. The van der Waals surface area contributed by atoms with Crippen LogP contribution in [0.25, 0.3) is 0 Å². The van der Waals surface area contributed by atoms with Crippen molar-refractivity contribution in [2.75, 3.05) is 20.3 Å². The minimum absolute atomic E-state index is 0.0450. The fraction of sp³-hybridized carbons (Fsp3) is 0.458. The monoisotopic (exact) mass is 463 g/mol. The van der Waals surface area contributed by atoms with Crippen molar-refractivity contribution >= 4 is 16.7 Å². The lowest BCUT2D eigenvalue weighted by atomic mass is 9.89. The van der Waals surface area contributed by atoms with Gasteiger partial charge < -0.3 is 14.6 Å². The number of benzene rings is 2. The van der Waals surface area contributed by atoms with Crippen molar-refractivity contribution in [3.8, 4) is 5.75 Å². The van der Waals surface area contributed by atoms with Gasteiger partial charge in [0, 0.05) is 20.3 Å². The molecule has 176 valence electrons. The average Bonchev–Trinajstić information content (AvgIpc) is 2.82. The van der Waals surface area contributed by atoms with Crippen molar-refractivity contribution in [3.63, 3.8) is 0 Å². The molecule has 0 saturated carbocycles. The van der Waals surface area contributed by atoms with Crippen LogP contribution in [0.1, 0.15) is 48.8 Å². The highest BCUT2D eigenvalue weighted by Crippen LogP contribution is 2.57. The summed E-state index contributed by atoms with van der Waals surface area (Å²) >= 11 is 0. The molecule has 2 unspecified atom stereocenters. The van der Waals surface area contributed by atoms with Crippen LogP contribution in [-0.4, -0.2) is 50.9 Å². The topological polar surface area (TPSA) is 99.5 Å². The van der Waals surface area contributed by atoms with Gasteiger partial charge in [-0.05, 0) is 61.4 Å². The molecule has 0 amide bonds. The molecule has 0 aromatic heterocycles. The van der Waals surface area contributed by atoms with Crippen molar-refractivity contribution < 1.29 is 28.5 Å². The van der Waals surface area contributed by atoms with Gasteiger partial charge in [-0.15, -0.1) is 10.8 Å². The maximum atomic E-state index is 11.4. The number of nitrogens with zero attached hydrogens (tertiary/aromatic N) is 1. The molecule has 2 aromatic carbocycles. The number of hydrogen-bond donors (Lipinski definition) is 3. The van der Waals surface area contributed by atoms with Crippen molar-refractivity contribution in [1.29, 1.82) is 0 Å². The third-order valence-corrected chi connectivity index (χ3v) is 7.73. The molecule has 0 aliphatic carbocycles. The predicted molar refractivity (Wildman–Crippen MR) is 125 cm³/mol. The standard InChI is InChI=1S/C24H33NO6S/c1-17-10-11-20(19(14-24(26)27)7-6-12-30-3)13-21(17)16-25-15-18(2)31-22-8-4-5-9-23(22)32(25,28)29/h4-5,8-11,13,18-19,28-29H,6-7,12,14-16H2,1-3H3,(H,26,27). The number of aliphatic carboxylic acids is 1. The SMILES string of the molecule is COCCCC(CC(=O)O)c1ccc(C)c(CN2CC(C)Oc3ccccc3S2(O)O)c1. The Labute approximate surface area is 191 Å². The lowest BCUT2D eigenvalue weighted by molar-refractivity contribution is -0.137. The van der Waals surface area contributed by atoms with E-state index in [1.54, 1.807) is 29.6 Å². The van der Waals surface area contributed by atoms with Crippen LogP contribution < -0.4 is 4.74 Å². The smallest absolute Gasteiger partial charge is 0.303 e. The Kier molecular flexibility index (Phi) is 8.19. The van der Waals surface area contributed by atoms with Crippen LogP contribution in [0.5, 0.6) is 5.75 Å².